The van der Waals surface area contributed by atoms with Gasteiger partial charge in [0.2, 0.25) is 0 Å². The van der Waals surface area contributed by atoms with Crippen molar-refractivity contribution in [2.24, 2.45) is 0 Å². The number of hydrogen-bond donors (Lipinski definition) is 1. The molecule has 1 aromatic carbocycles. The van der Waals surface area contributed by atoms with E-state index in [1.54, 1.807) is 13.8 Å². The highest BCUT2D eigenvalue weighted by Gasteiger charge is 2.22. The summed E-state index contributed by atoms with van der Waals surface area (Å²) < 4.78 is 38.9. The van der Waals surface area contributed by atoms with E-state index in [-0.39, 0.29) is 28.5 Å². The van der Waals surface area contributed by atoms with Crippen LogP contribution in [0.15, 0.2) is 18.2 Å². The molecule has 2 rings (SSSR count). The molecule has 0 fully saturated rings. The summed E-state index contributed by atoms with van der Waals surface area (Å²) in [4.78, 5) is 38.9. The van der Waals surface area contributed by atoms with Crippen molar-refractivity contribution in [3.8, 4) is 11.5 Å². The molecule has 0 radical (unpaired) electrons. The second-order valence-electron chi connectivity index (χ2n) is 5.92. The number of carbonyl (C=O) groups is 3. The molecule has 0 bridgehead atoms. The van der Waals surface area contributed by atoms with Crippen molar-refractivity contribution in [2.75, 3.05) is 13.7 Å². The fourth-order valence-corrected chi connectivity index (χ4v) is 2.80. The lowest BCUT2D eigenvalue weighted by atomic mass is 10.1. The van der Waals surface area contributed by atoms with Crippen molar-refractivity contribution in [3.63, 3.8) is 0 Å². The normalized spacial score (nSPS) is 10.7. The molecule has 0 spiro atoms. The number of methoxy groups -OCH3 is 1. The molecule has 7 nitrogen and oxygen atoms in total. The van der Waals surface area contributed by atoms with Gasteiger partial charge in [-0.15, -0.1) is 0 Å². The highest BCUT2D eigenvalue weighted by molar-refractivity contribution is 6.02. The van der Waals surface area contributed by atoms with Crippen LogP contribution < -0.4 is 9.47 Å². The molecule has 9 heteroatoms. The first-order valence-electron chi connectivity index (χ1n) is 8.19. The fraction of sp³-hybridized carbons (Fsp3) is 0.316. The molecule has 1 aromatic heterocycles. The van der Waals surface area contributed by atoms with Crippen LogP contribution in [-0.4, -0.2) is 42.8 Å². The molecule has 0 saturated heterocycles. The van der Waals surface area contributed by atoms with Crippen molar-refractivity contribution < 1.29 is 37.4 Å². The molecule has 0 aliphatic carbocycles. The summed E-state index contributed by atoms with van der Waals surface area (Å²) in [7, 11) is 1.24. The Bertz CT molecular complexity index is 919. The quantitative estimate of drug-likeness (QED) is 0.543. The first-order chi connectivity index (χ1) is 13.1. The van der Waals surface area contributed by atoms with Crippen molar-refractivity contribution >= 4 is 17.5 Å². The summed E-state index contributed by atoms with van der Waals surface area (Å²) in [5.74, 6) is -1.83. The van der Waals surface area contributed by atoms with Gasteiger partial charge in [0.05, 0.1) is 7.11 Å². The van der Waals surface area contributed by atoms with Gasteiger partial charge in [-0.05, 0) is 44.5 Å². The average molecular weight is 395 g/mol. The number of hydrogen-bond acceptors (Lipinski definition) is 6. The third-order valence-corrected chi connectivity index (χ3v) is 4.03. The number of aromatic nitrogens is 1. The van der Waals surface area contributed by atoms with Gasteiger partial charge < -0.3 is 19.2 Å². The highest BCUT2D eigenvalue weighted by Crippen LogP contribution is 2.29. The van der Waals surface area contributed by atoms with Gasteiger partial charge in [0, 0.05) is 16.8 Å². The Morgan fingerprint density at radius 3 is 2.36 bits per heavy atom. The van der Waals surface area contributed by atoms with E-state index in [1.165, 1.54) is 26.2 Å². The molecule has 0 unspecified atom stereocenters. The number of H-pyrrole nitrogens is 1. The maximum Gasteiger partial charge on any atom is 0.387 e. The van der Waals surface area contributed by atoms with E-state index in [0.29, 0.717) is 16.8 Å². The molecule has 0 aliphatic heterocycles. The van der Waals surface area contributed by atoms with Gasteiger partial charge >= 0.3 is 12.6 Å². The van der Waals surface area contributed by atoms with Crippen LogP contribution in [0, 0.1) is 13.8 Å². The first kappa shape index (κ1) is 21.1. The highest BCUT2D eigenvalue weighted by atomic mass is 19.3. The van der Waals surface area contributed by atoms with E-state index in [2.05, 4.69) is 9.72 Å². The zero-order valence-electron chi connectivity index (χ0n) is 15.7. The summed E-state index contributed by atoms with van der Waals surface area (Å²) >= 11 is 0. The molecule has 0 atom stereocenters. The van der Waals surface area contributed by atoms with Gasteiger partial charge in [-0.1, -0.05) is 0 Å². The van der Waals surface area contributed by atoms with Crippen LogP contribution in [0.5, 0.6) is 11.5 Å². The molecule has 1 N–H and O–H groups in total. The van der Waals surface area contributed by atoms with Crippen molar-refractivity contribution in [1.29, 1.82) is 0 Å². The van der Waals surface area contributed by atoms with Gasteiger partial charge in [0.1, 0.15) is 5.69 Å². The van der Waals surface area contributed by atoms with Crippen LogP contribution in [0.1, 0.15) is 49.4 Å². The van der Waals surface area contributed by atoms with E-state index in [0.717, 1.165) is 6.07 Å². The maximum atomic E-state index is 12.4. The zero-order chi connectivity index (χ0) is 21.0. The number of alkyl halides is 2. The number of rotatable bonds is 8. The zero-order valence-corrected chi connectivity index (χ0v) is 15.7. The molecule has 2 aromatic rings. The van der Waals surface area contributed by atoms with Gasteiger partial charge in [0.25, 0.3) is 0 Å². The minimum atomic E-state index is -3.04. The minimum absolute atomic E-state index is 0.0561. The smallest absolute Gasteiger partial charge is 0.387 e. The Labute approximate surface area is 159 Å². The van der Waals surface area contributed by atoms with Crippen molar-refractivity contribution in [1.82, 2.24) is 4.98 Å². The Balaban J connectivity index is 2.11. The molecule has 0 aliphatic rings. The molecule has 0 amide bonds. The molecular weight excluding hydrogens is 376 g/mol. The number of nitrogens with one attached hydrogen (secondary N) is 1. The molecule has 0 saturated carbocycles. The number of Topliss-reactive ketones (excluding diaryl/α,β-unsaturated/α-hetero) is 2. The Morgan fingerprint density at radius 1 is 1.14 bits per heavy atom. The third-order valence-electron chi connectivity index (χ3n) is 4.03. The maximum absolute atomic E-state index is 12.4. The van der Waals surface area contributed by atoms with Crippen molar-refractivity contribution in [2.45, 2.75) is 27.4 Å². The van der Waals surface area contributed by atoms with E-state index in [9.17, 15) is 23.2 Å². The molecule has 150 valence electrons. The minimum Gasteiger partial charge on any atom is -0.493 e. The Hall–Kier alpha value is -3.23. The van der Waals surface area contributed by atoms with E-state index in [4.69, 9.17) is 9.47 Å². The van der Waals surface area contributed by atoms with Gasteiger partial charge in [0.15, 0.2) is 29.7 Å². The van der Waals surface area contributed by atoms with Gasteiger partial charge in [-0.25, -0.2) is 4.79 Å². The van der Waals surface area contributed by atoms with Crippen LogP contribution in [0.4, 0.5) is 8.78 Å². The monoisotopic (exact) mass is 395 g/mol. The number of esters is 1. The molecular formula is C19H19F2NO6. The van der Waals surface area contributed by atoms with E-state index in [1.807, 2.05) is 0 Å². The lowest BCUT2D eigenvalue weighted by molar-refractivity contribution is -0.0512. The first-order valence-corrected chi connectivity index (χ1v) is 8.19. The predicted octanol–water partition coefficient (Wildman–Crippen LogP) is 3.48. The molecule has 28 heavy (non-hydrogen) atoms. The van der Waals surface area contributed by atoms with Gasteiger partial charge in [-0.2, -0.15) is 8.78 Å². The van der Waals surface area contributed by atoms with Gasteiger partial charge in [-0.3, -0.25) is 9.59 Å². The van der Waals surface area contributed by atoms with Crippen LogP contribution in [0.25, 0.3) is 0 Å². The summed E-state index contributed by atoms with van der Waals surface area (Å²) in [6.07, 6.45) is 0. The number of carbonyl (C=O) groups excluding carboxylic acids is 3. The number of ketones is 2. The number of halogens is 2. The number of aryl methyl sites for hydroxylation is 1. The lowest BCUT2D eigenvalue weighted by Gasteiger charge is -2.11. The lowest BCUT2D eigenvalue weighted by Crippen LogP contribution is -2.15. The number of aromatic amines is 1. The van der Waals surface area contributed by atoms with E-state index < -0.39 is 25.0 Å². The largest absolute Gasteiger partial charge is 0.493 e. The summed E-state index contributed by atoms with van der Waals surface area (Å²) in [5, 5.41) is 0. The average Bonchev–Trinajstić information content (AvgIpc) is 2.93. The second-order valence-corrected chi connectivity index (χ2v) is 5.92. The SMILES string of the molecule is COc1cc(C(=O)COC(=O)c2[nH]c(C)c(C(C)=O)c2C)ccc1OC(F)F. The fourth-order valence-electron chi connectivity index (χ4n) is 2.80. The van der Waals surface area contributed by atoms with Crippen LogP contribution in [0.2, 0.25) is 0 Å². The summed E-state index contributed by atoms with van der Waals surface area (Å²) in [6, 6.07) is 3.64. The van der Waals surface area contributed by atoms with Crippen LogP contribution in [-0.2, 0) is 4.74 Å². The van der Waals surface area contributed by atoms with E-state index >= 15 is 0 Å². The third kappa shape index (κ3) is 4.54. The predicted molar refractivity (Wildman–Crippen MR) is 94.5 cm³/mol. The summed E-state index contributed by atoms with van der Waals surface area (Å²) in [6.45, 7) is 1.02. The Kier molecular flexibility index (Phi) is 6.50. The van der Waals surface area contributed by atoms with Crippen LogP contribution >= 0.6 is 0 Å². The Morgan fingerprint density at radius 2 is 1.82 bits per heavy atom. The number of benzene rings is 1. The van der Waals surface area contributed by atoms with Crippen molar-refractivity contribution in [3.05, 3.63) is 46.3 Å². The number of ether oxygens (including phenoxy) is 3. The summed E-state index contributed by atoms with van der Waals surface area (Å²) in [5.41, 5.74) is 1.56. The second kappa shape index (κ2) is 8.64. The molecule has 1 heterocycles. The topological polar surface area (TPSA) is 94.7 Å². The standard InChI is InChI=1S/C19H19F2NO6/c1-9-16(11(3)23)10(2)22-17(9)18(25)27-8-13(24)12-5-6-14(28-19(20)21)15(7-12)26-4/h5-7,19,22H,8H2,1-4H3. The van der Waals surface area contributed by atoms with Crippen LogP contribution in [0.3, 0.4) is 0 Å².